The van der Waals surface area contributed by atoms with Gasteiger partial charge in [0, 0.05) is 12.3 Å². The normalized spacial score (nSPS) is 25.4. The summed E-state index contributed by atoms with van der Waals surface area (Å²) in [5.74, 6) is 0.0268. The molecule has 3 amide bonds. The summed E-state index contributed by atoms with van der Waals surface area (Å²) in [6.45, 7) is 5.84. The molecular weight excluding hydrogens is 227 g/mol. The van der Waals surface area contributed by atoms with E-state index >= 15 is 0 Å². The van der Waals surface area contributed by atoms with Gasteiger partial charge in [-0.1, -0.05) is 20.8 Å². The van der Waals surface area contributed by atoms with Crippen molar-refractivity contribution in [3.05, 3.63) is 0 Å². The Kier molecular flexibility index (Phi) is 6.37. The molecule has 14 heavy (non-hydrogen) atoms. The number of amides is 3. The topological polar surface area (TPSA) is 62.8 Å². The number of primary amides is 1. The molecule has 0 spiro atoms. The Morgan fingerprint density at radius 1 is 1.36 bits per heavy atom. The lowest BCUT2D eigenvalue weighted by Crippen LogP contribution is -3.00. The molecule has 1 heterocycles. The maximum Gasteiger partial charge on any atom is 0.420 e. The second-order valence-corrected chi connectivity index (χ2v) is 3.51. The van der Waals surface area contributed by atoms with Crippen molar-refractivity contribution in [3.8, 4) is 0 Å². The van der Waals surface area contributed by atoms with Gasteiger partial charge in [0.25, 0.3) is 5.91 Å². The smallest absolute Gasteiger partial charge is 0.420 e. The van der Waals surface area contributed by atoms with E-state index in [0.717, 1.165) is 0 Å². The number of quaternary nitrogens is 1. The largest absolute Gasteiger partial charge is 1.00 e. The van der Waals surface area contributed by atoms with E-state index < -0.39 is 5.54 Å². The summed E-state index contributed by atoms with van der Waals surface area (Å²) in [4.78, 5) is 22.4. The van der Waals surface area contributed by atoms with Gasteiger partial charge in [0.1, 0.15) is 0 Å². The molecule has 0 aromatic carbocycles. The second kappa shape index (κ2) is 5.53. The van der Waals surface area contributed by atoms with Crippen molar-refractivity contribution in [3.63, 3.8) is 0 Å². The van der Waals surface area contributed by atoms with Crippen molar-refractivity contribution < 1.29 is 39.7 Å². The van der Waals surface area contributed by atoms with Crippen molar-refractivity contribution in [1.82, 2.24) is 5.32 Å². The van der Waals surface area contributed by atoms with Crippen LogP contribution >= 0.6 is 0 Å². The summed E-state index contributed by atoms with van der Waals surface area (Å²) >= 11 is 0. The number of carbonyl (C=O) groups is 2. The van der Waals surface area contributed by atoms with Gasteiger partial charge < -0.3 is 24.8 Å². The van der Waals surface area contributed by atoms with Gasteiger partial charge in [-0.15, -0.1) is 0 Å². The van der Waals surface area contributed by atoms with Gasteiger partial charge in [0.2, 0.25) is 0 Å². The van der Waals surface area contributed by atoms with Gasteiger partial charge in [-0.25, -0.2) is 15.4 Å². The third-order valence-electron chi connectivity index (χ3n) is 2.66. The summed E-state index contributed by atoms with van der Waals surface area (Å²) < 4.78 is 0. The second-order valence-electron chi connectivity index (χ2n) is 3.51. The quantitative estimate of drug-likeness (QED) is 0.473. The number of rotatable bonds is 2. The van der Waals surface area contributed by atoms with Gasteiger partial charge >= 0.3 is 6.03 Å². The lowest BCUT2D eigenvalue weighted by molar-refractivity contribution is -0.620. The molecule has 1 fully saturated rings. The molecule has 1 saturated heterocycles. The number of imide groups is 1. The van der Waals surface area contributed by atoms with Crippen LogP contribution in [0.2, 0.25) is 0 Å². The minimum Gasteiger partial charge on any atom is -1.00 e. The molecule has 0 radical (unpaired) electrons. The number of carbonyl (C=O) groups excluding carboxylic acids is 2. The maximum absolute atomic E-state index is 11.4. The van der Waals surface area contributed by atoms with Gasteiger partial charge in [0.15, 0.2) is 5.54 Å². The lowest BCUT2D eigenvalue weighted by atomic mass is 9.84. The summed E-state index contributed by atoms with van der Waals surface area (Å²) in [7, 11) is 0. The predicted molar refractivity (Wildman–Crippen MR) is 43.3 cm³/mol. The molecule has 0 bridgehead atoms. The SMILES string of the molecule is CCC1(C(C)C)[NH2+]C(=O)NC1=O.[Cl-].[Cl-]. The Hall–Kier alpha value is -0.320. The van der Waals surface area contributed by atoms with E-state index in [2.05, 4.69) is 5.32 Å². The molecule has 1 aliphatic rings. The molecule has 1 rings (SSSR count). The summed E-state index contributed by atoms with van der Waals surface area (Å²) in [6, 6.07) is -0.254. The molecule has 0 saturated carbocycles. The Morgan fingerprint density at radius 3 is 2.00 bits per heavy atom. The van der Waals surface area contributed by atoms with Crippen LogP contribution in [0.25, 0.3) is 0 Å². The Bertz CT molecular complexity index is 233. The fourth-order valence-electron chi connectivity index (χ4n) is 1.66. The Balaban J connectivity index is 0. The van der Waals surface area contributed by atoms with E-state index in [9.17, 15) is 9.59 Å². The van der Waals surface area contributed by atoms with Crippen LogP contribution in [0.3, 0.4) is 0 Å². The van der Waals surface area contributed by atoms with Gasteiger partial charge in [-0.05, 0) is 0 Å². The first-order valence-corrected chi connectivity index (χ1v) is 4.24. The van der Waals surface area contributed by atoms with Crippen LogP contribution in [0, 0.1) is 5.92 Å². The molecule has 84 valence electrons. The van der Waals surface area contributed by atoms with Crippen molar-refractivity contribution in [2.75, 3.05) is 0 Å². The fourth-order valence-corrected chi connectivity index (χ4v) is 1.66. The van der Waals surface area contributed by atoms with E-state index in [1.165, 1.54) is 5.32 Å². The summed E-state index contributed by atoms with van der Waals surface area (Å²) in [5, 5.41) is 3.82. The lowest BCUT2D eigenvalue weighted by Gasteiger charge is -2.23. The maximum atomic E-state index is 11.4. The van der Waals surface area contributed by atoms with Crippen LogP contribution in [-0.4, -0.2) is 17.5 Å². The van der Waals surface area contributed by atoms with E-state index in [4.69, 9.17) is 0 Å². The molecule has 1 atom stereocenters. The van der Waals surface area contributed by atoms with Crippen LogP contribution in [-0.2, 0) is 4.79 Å². The van der Waals surface area contributed by atoms with Crippen LogP contribution < -0.4 is 35.4 Å². The van der Waals surface area contributed by atoms with E-state index in [-0.39, 0.29) is 42.7 Å². The molecule has 3 N–H and O–H groups in total. The van der Waals surface area contributed by atoms with Crippen molar-refractivity contribution in [1.29, 1.82) is 0 Å². The van der Waals surface area contributed by atoms with Crippen LogP contribution in [0.4, 0.5) is 4.79 Å². The monoisotopic (exact) mass is 241 g/mol. The molecule has 1 aliphatic heterocycles. The van der Waals surface area contributed by atoms with Gasteiger partial charge in [0.05, 0.1) is 0 Å². The number of nitrogens with one attached hydrogen (secondary N) is 1. The highest BCUT2D eigenvalue weighted by Crippen LogP contribution is 2.18. The van der Waals surface area contributed by atoms with Gasteiger partial charge in [-0.3, -0.25) is 4.79 Å². The standard InChI is InChI=1S/C8H14N2O2.2ClH/c1-4-8(5(2)3)6(11)9-7(12)10-8;;/h5H,4H2,1-3H3,(H2,9,10,11,12);2*1H/p-1. The third-order valence-corrected chi connectivity index (χ3v) is 2.66. The van der Waals surface area contributed by atoms with E-state index in [0.29, 0.717) is 6.42 Å². The highest BCUT2D eigenvalue weighted by atomic mass is 35.5. The molecular formula is C8H15Cl2N2O2-. The third kappa shape index (κ3) is 2.38. The Morgan fingerprint density at radius 2 is 1.86 bits per heavy atom. The zero-order valence-electron chi connectivity index (χ0n) is 8.43. The molecule has 6 heteroatoms. The number of hydrogen-bond donors (Lipinski definition) is 2. The average molecular weight is 242 g/mol. The number of halogens is 2. The van der Waals surface area contributed by atoms with Crippen molar-refractivity contribution in [2.45, 2.75) is 32.7 Å². The molecule has 0 aromatic rings. The number of urea groups is 1. The van der Waals surface area contributed by atoms with Crippen LogP contribution in [0.5, 0.6) is 0 Å². The number of hydrogen-bond acceptors (Lipinski definition) is 2. The fraction of sp³-hybridized carbons (Fsp3) is 0.750. The zero-order valence-corrected chi connectivity index (χ0v) is 9.95. The Labute approximate surface area is 96.0 Å². The minimum absolute atomic E-state index is 0. The molecule has 0 aromatic heterocycles. The molecule has 1 unspecified atom stereocenters. The van der Waals surface area contributed by atoms with Crippen molar-refractivity contribution in [2.24, 2.45) is 5.92 Å². The minimum atomic E-state index is -0.558. The van der Waals surface area contributed by atoms with Gasteiger partial charge in [-0.2, -0.15) is 0 Å². The first-order chi connectivity index (χ1) is 5.53. The molecule has 4 nitrogen and oxygen atoms in total. The van der Waals surface area contributed by atoms with Crippen LogP contribution in [0.1, 0.15) is 27.2 Å². The highest BCUT2D eigenvalue weighted by Gasteiger charge is 2.52. The number of nitrogens with two attached hydrogens (primary N) is 1. The predicted octanol–water partition coefficient (Wildman–Crippen LogP) is -6.39. The summed E-state index contributed by atoms with van der Waals surface area (Å²) in [6.07, 6.45) is 0.683. The van der Waals surface area contributed by atoms with Crippen LogP contribution in [0.15, 0.2) is 0 Å². The zero-order chi connectivity index (χ0) is 9.35. The molecule has 0 aliphatic carbocycles. The average Bonchev–Trinajstić information content (AvgIpc) is 2.26. The summed E-state index contributed by atoms with van der Waals surface area (Å²) in [5.41, 5.74) is -0.558. The van der Waals surface area contributed by atoms with E-state index in [1.54, 1.807) is 0 Å². The highest BCUT2D eigenvalue weighted by molar-refractivity contribution is 6.00. The van der Waals surface area contributed by atoms with E-state index in [1.807, 2.05) is 20.8 Å². The first kappa shape index (κ1) is 16.1. The first-order valence-electron chi connectivity index (χ1n) is 4.24. The van der Waals surface area contributed by atoms with Crippen molar-refractivity contribution >= 4 is 11.9 Å².